The molecule has 0 aliphatic heterocycles. The Labute approximate surface area is 196 Å². The first-order chi connectivity index (χ1) is 14.1. The summed E-state index contributed by atoms with van der Waals surface area (Å²) in [6.45, 7) is 4.08. The Morgan fingerprint density at radius 1 is 0.833 bits per heavy atom. The highest BCUT2D eigenvalue weighted by molar-refractivity contribution is 14.0. The first-order valence-corrected chi connectivity index (χ1v) is 9.59. The van der Waals surface area contributed by atoms with Crippen LogP contribution in [0.3, 0.4) is 0 Å². The smallest absolute Gasteiger partial charge is 0.191 e. The summed E-state index contributed by atoms with van der Waals surface area (Å²) in [6.07, 6.45) is 0.712. The fourth-order valence-corrected chi connectivity index (χ4v) is 2.87. The molecule has 0 bridgehead atoms. The fourth-order valence-electron chi connectivity index (χ4n) is 2.87. The monoisotopic (exact) mass is 529 g/mol. The van der Waals surface area contributed by atoms with E-state index in [-0.39, 0.29) is 24.0 Å². The molecule has 2 rings (SSSR count). The molecule has 30 heavy (non-hydrogen) atoms. The number of halogens is 1. The van der Waals surface area contributed by atoms with Crippen LogP contribution in [0.5, 0.6) is 23.0 Å². The first kappa shape index (κ1) is 25.7. The summed E-state index contributed by atoms with van der Waals surface area (Å²) >= 11 is 0. The van der Waals surface area contributed by atoms with E-state index >= 15 is 0 Å². The number of hydrogen-bond donors (Lipinski definition) is 2. The van der Waals surface area contributed by atoms with Crippen molar-refractivity contribution >= 4 is 29.9 Å². The minimum Gasteiger partial charge on any atom is -0.497 e. The van der Waals surface area contributed by atoms with Gasteiger partial charge in [-0.3, -0.25) is 0 Å². The largest absolute Gasteiger partial charge is 0.497 e. The van der Waals surface area contributed by atoms with Crippen LogP contribution in [-0.4, -0.2) is 47.5 Å². The highest BCUT2D eigenvalue weighted by Crippen LogP contribution is 2.34. The maximum absolute atomic E-state index is 5.52. The molecule has 0 aliphatic carbocycles. The molecule has 0 saturated heterocycles. The summed E-state index contributed by atoms with van der Waals surface area (Å²) in [4.78, 5) is 4.65. The van der Waals surface area contributed by atoms with Crippen LogP contribution in [0.25, 0.3) is 0 Å². The third-order valence-electron chi connectivity index (χ3n) is 4.41. The molecule has 0 unspecified atom stereocenters. The molecule has 0 amide bonds. The molecule has 8 heteroatoms. The van der Waals surface area contributed by atoms with Crippen molar-refractivity contribution in [2.45, 2.75) is 19.9 Å². The average Bonchev–Trinajstić information content (AvgIpc) is 2.77. The van der Waals surface area contributed by atoms with Gasteiger partial charge in [-0.25, -0.2) is 4.99 Å². The van der Waals surface area contributed by atoms with E-state index in [0.717, 1.165) is 40.9 Å². The molecule has 0 heterocycles. The predicted molar refractivity (Wildman–Crippen MR) is 131 cm³/mol. The fraction of sp³-hybridized carbons (Fsp3) is 0.409. The van der Waals surface area contributed by atoms with Crippen molar-refractivity contribution in [3.8, 4) is 23.0 Å². The number of nitrogens with one attached hydrogen (secondary N) is 2. The number of benzene rings is 2. The normalized spacial score (nSPS) is 10.6. The minimum absolute atomic E-state index is 0. The van der Waals surface area contributed by atoms with Crippen molar-refractivity contribution in [2.75, 3.05) is 41.5 Å². The first-order valence-electron chi connectivity index (χ1n) is 9.59. The molecule has 166 valence electrons. The highest BCUT2D eigenvalue weighted by Gasteiger charge is 2.13. The topological polar surface area (TPSA) is 73.3 Å². The lowest BCUT2D eigenvalue weighted by atomic mass is 10.1. The Morgan fingerprint density at radius 2 is 1.43 bits per heavy atom. The van der Waals surface area contributed by atoms with Gasteiger partial charge in [0.25, 0.3) is 0 Å². The van der Waals surface area contributed by atoms with E-state index < -0.39 is 0 Å². The molecule has 0 fully saturated rings. The molecule has 2 aromatic carbocycles. The Kier molecular flexibility index (Phi) is 11.8. The Morgan fingerprint density at radius 3 is 1.93 bits per heavy atom. The van der Waals surface area contributed by atoms with Crippen LogP contribution in [0.1, 0.15) is 18.1 Å². The SMILES string of the molecule is CCNC(=NCc1ccc(OC)cc1)NCCc1c(OC)cc(OC)cc1OC.I. The van der Waals surface area contributed by atoms with E-state index in [1.54, 1.807) is 28.4 Å². The van der Waals surface area contributed by atoms with Gasteiger partial charge in [0.15, 0.2) is 5.96 Å². The van der Waals surface area contributed by atoms with Crippen LogP contribution < -0.4 is 29.6 Å². The van der Waals surface area contributed by atoms with Gasteiger partial charge in [-0.2, -0.15) is 0 Å². The van der Waals surface area contributed by atoms with Crippen molar-refractivity contribution in [1.29, 1.82) is 0 Å². The summed E-state index contributed by atoms with van der Waals surface area (Å²) < 4.78 is 21.5. The van der Waals surface area contributed by atoms with E-state index in [1.807, 2.05) is 43.3 Å². The second-order valence-corrected chi connectivity index (χ2v) is 6.23. The van der Waals surface area contributed by atoms with Crippen molar-refractivity contribution < 1.29 is 18.9 Å². The van der Waals surface area contributed by atoms with Gasteiger partial charge < -0.3 is 29.6 Å². The van der Waals surface area contributed by atoms with E-state index in [2.05, 4.69) is 15.6 Å². The zero-order chi connectivity index (χ0) is 21.1. The minimum atomic E-state index is 0. The van der Waals surface area contributed by atoms with Gasteiger partial charge in [0.05, 0.1) is 35.0 Å². The summed E-state index contributed by atoms with van der Waals surface area (Å²) in [5, 5.41) is 6.63. The standard InChI is InChI=1S/C22H31N3O4.HI/c1-6-23-22(25-15-16-7-9-17(26-2)10-8-16)24-12-11-19-20(28-4)13-18(27-3)14-21(19)29-5;/h7-10,13-14H,6,11-12,15H2,1-5H3,(H2,23,24,25);1H. The van der Waals surface area contributed by atoms with E-state index in [0.29, 0.717) is 25.3 Å². The van der Waals surface area contributed by atoms with E-state index in [9.17, 15) is 0 Å². The molecular formula is C22H32IN3O4. The third kappa shape index (κ3) is 7.47. The maximum atomic E-state index is 5.52. The molecule has 0 aliphatic rings. The Balaban J connectivity index is 0.00000450. The van der Waals surface area contributed by atoms with Gasteiger partial charge in [0.2, 0.25) is 0 Å². The molecule has 0 spiro atoms. The molecule has 0 aromatic heterocycles. The number of guanidine groups is 1. The van der Waals surface area contributed by atoms with Crippen molar-refractivity contribution in [3.05, 3.63) is 47.5 Å². The summed E-state index contributed by atoms with van der Waals surface area (Å²) in [6, 6.07) is 11.6. The Hall–Kier alpha value is -2.36. The second-order valence-electron chi connectivity index (χ2n) is 6.23. The number of ether oxygens (including phenoxy) is 4. The van der Waals surface area contributed by atoms with Crippen molar-refractivity contribution in [3.63, 3.8) is 0 Å². The van der Waals surface area contributed by atoms with Crippen LogP contribution in [0, 0.1) is 0 Å². The lowest BCUT2D eigenvalue weighted by Crippen LogP contribution is -2.38. The van der Waals surface area contributed by atoms with Gasteiger partial charge in [0, 0.05) is 30.8 Å². The van der Waals surface area contributed by atoms with Gasteiger partial charge in [-0.15, -0.1) is 24.0 Å². The van der Waals surface area contributed by atoms with Gasteiger partial charge in [0.1, 0.15) is 23.0 Å². The number of aliphatic imine (C=N–C) groups is 1. The summed E-state index contributed by atoms with van der Waals surface area (Å²) in [7, 11) is 6.57. The van der Waals surface area contributed by atoms with Crippen LogP contribution in [0.15, 0.2) is 41.4 Å². The van der Waals surface area contributed by atoms with Crippen LogP contribution in [-0.2, 0) is 13.0 Å². The van der Waals surface area contributed by atoms with E-state index in [1.165, 1.54) is 0 Å². The number of rotatable bonds is 10. The van der Waals surface area contributed by atoms with Crippen LogP contribution >= 0.6 is 24.0 Å². The van der Waals surface area contributed by atoms with Gasteiger partial charge >= 0.3 is 0 Å². The lowest BCUT2D eigenvalue weighted by molar-refractivity contribution is 0.368. The molecule has 7 nitrogen and oxygen atoms in total. The third-order valence-corrected chi connectivity index (χ3v) is 4.41. The summed E-state index contributed by atoms with van der Waals surface area (Å²) in [5.74, 6) is 3.77. The molecule has 2 aromatic rings. The molecule has 0 atom stereocenters. The Bertz CT molecular complexity index is 772. The van der Waals surface area contributed by atoms with Crippen molar-refractivity contribution in [2.24, 2.45) is 4.99 Å². The zero-order valence-electron chi connectivity index (χ0n) is 18.3. The quantitative estimate of drug-likeness (QED) is 0.278. The molecule has 2 N–H and O–H groups in total. The highest BCUT2D eigenvalue weighted by atomic mass is 127. The number of nitrogens with zero attached hydrogens (tertiary/aromatic N) is 1. The summed E-state index contributed by atoms with van der Waals surface area (Å²) in [5.41, 5.74) is 2.09. The number of hydrogen-bond acceptors (Lipinski definition) is 5. The molecule has 0 radical (unpaired) electrons. The second kappa shape index (κ2) is 13.8. The predicted octanol–water partition coefficient (Wildman–Crippen LogP) is 3.64. The van der Waals surface area contributed by atoms with Crippen LogP contribution in [0.2, 0.25) is 0 Å². The van der Waals surface area contributed by atoms with Crippen molar-refractivity contribution in [1.82, 2.24) is 10.6 Å². The van der Waals surface area contributed by atoms with Gasteiger partial charge in [-0.05, 0) is 31.0 Å². The van der Waals surface area contributed by atoms with E-state index in [4.69, 9.17) is 18.9 Å². The maximum Gasteiger partial charge on any atom is 0.191 e. The average molecular weight is 529 g/mol. The molecular weight excluding hydrogens is 497 g/mol. The molecule has 0 saturated carbocycles. The lowest BCUT2D eigenvalue weighted by Gasteiger charge is -2.16. The van der Waals surface area contributed by atoms with Crippen LogP contribution in [0.4, 0.5) is 0 Å². The zero-order valence-corrected chi connectivity index (χ0v) is 20.6. The number of methoxy groups -OCH3 is 4. The van der Waals surface area contributed by atoms with Gasteiger partial charge in [-0.1, -0.05) is 12.1 Å².